The Kier molecular flexibility index (Phi) is 5.13. The number of hydrogen-bond donors (Lipinski definition) is 3. The van der Waals surface area contributed by atoms with Crippen molar-refractivity contribution in [1.82, 2.24) is 15.4 Å². The van der Waals surface area contributed by atoms with Gasteiger partial charge in [0, 0.05) is 10.8 Å². The molecule has 0 fully saturated rings. The first-order valence-corrected chi connectivity index (χ1v) is 9.15. The van der Waals surface area contributed by atoms with Gasteiger partial charge in [-0.1, -0.05) is 36.4 Å². The number of benzene rings is 3. The van der Waals surface area contributed by atoms with Gasteiger partial charge in [0.05, 0.1) is 16.7 Å². The van der Waals surface area contributed by atoms with Crippen molar-refractivity contribution in [2.24, 2.45) is 0 Å². The van der Waals surface area contributed by atoms with Crippen molar-refractivity contribution < 1.29 is 14.0 Å². The topological polar surface area (TPSA) is 92.2 Å². The number of pyridine rings is 1. The number of hydrazine groups is 1. The second-order valence-electron chi connectivity index (χ2n) is 6.56. The standard InChI is InChI=1S/C22H17FN4O3/c23-16-9-3-4-10-17(16)24-22(30)26-25-20(28)13-27-18-11-5-1-7-14(18)21(29)15-8-2-6-12-19(15)27/h1-12H,13H2,(H,25,28)(H2,24,26,30). The van der Waals surface area contributed by atoms with Gasteiger partial charge in [-0.15, -0.1) is 0 Å². The van der Waals surface area contributed by atoms with Gasteiger partial charge in [-0.25, -0.2) is 14.6 Å². The zero-order chi connectivity index (χ0) is 21.1. The second-order valence-corrected chi connectivity index (χ2v) is 6.56. The predicted molar refractivity (Wildman–Crippen MR) is 112 cm³/mol. The molecule has 0 bridgehead atoms. The average Bonchev–Trinajstić information content (AvgIpc) is 2.77. The summed E-state index contributed by atoms with van der Waals surface area (Å²) in [7, 11) is 0. The minimum absolute atomic E-state index is 0.0124. The van der Waals surface area contributed by atoms with E-state index in [-0.39, 0.29) is 17.7 Å². The minimum atomic E-state index is -0.789. The van der Waals surface area contributed by atoms with Crippen LogP contribution < -0.4 is 21.6 Å². The van der Waals surface area contributed by atoms with Gasteiger partial charge in [-0.05, 0) is 36.4 Å². The second kappa shape index (κ2) is 8.04. The SMILES string of the molecule is O=C(Cn1c2ccccc2c(=O)c2ccccc21)NNC(=O)Nc1ccccc1F. The zero-order valence-electron chi connectivity index (χ0n) is 15.7. The van der Waals surface area contributed by atoms with Crippen molar-refractivity contribution in [3.8, 4) is 0 Å². The molecule has 0 saturated heterocycles. The quantitative estimate of drug-likeness (QED) is 0.362. The number of anilines is 1. The Hall–Kier alpha value is -4.20. The van der Waals surface area contributed by atoms with E-state index in [1.54, 1.807) is 59.2 Å². The van der Waals surface area contributed by atoms with Crippen molar-refractivity contribution in [3.05, 3.63) is 88.8 Å². The van der Waals surface area contributed by atoms with Crippen LogP contribution in [0.2, 0.25) is 0 Å². The number of hydrogen-bond acceptors (Lipinski definition) is 3. The Morgan fingerprint density at radius 1 is 0.800 bits per heavy atom. The van der Waals surface area contributed by atoms with Crippen LogP contribution in [0.4, 0.5) is 14.9 Å². The molecule has 0 unspecified atom stereocenters. The largest absolute Gasteiger partial charge is 0.338 e. The molecule has 3 aromatic carbocycles. The number of urea groups is 1. The molecule has 0 aliphatic rings. The summed E-state index contributed by atoms with van der Waals surface area (Å²) >= 11 is 0. The van der Waals surface area contributed by atoms with E-state index in [9.17, 15) is 18.8 Å². The molecule has 7 nitrogen and oxygen atoms in total. The minimum Gasteiger partial charge on any atom is -0.331 e. The van der Waals surface area contributed by atoms with E-state index in [1.807, 2.05) is 0 Å². The van der Waals surface area contributed by atoms with Crippen molar-refractivity contribution in [3.63, 3.8) is 0 Å². The highest BCUT2D eigenvalue weighted by molar-refractivity contribution is 5.95. The van der Waals surface area contributed by atoms with E-state index in [4.69, 9.17) is 0 Å². The maximum Gasteiger partial charge on any atom is 0.338 e. The smallest absolute Gasteiger partial charge is 0.331 e. The third kappa shape index (κ3) is 3.70. The van der Waals surface area contributed by atoms with Gasteiger partial charge in [0.15, 0.2) is 5.43 Å². The lowest BCUT2D eigenvalue weighted by atomic mass is 10.1. The number of halogens is 1. The monoisotopic (exact) mass is 404 g/mol. The first-order valence-electron chi connectivity index (χ1n) is 9.15. The molecule has 0 atom stereocenters. The zero-order valence-corrected chi connectivity index (χ0v) is 15.7. The van der Waals surface area contributed by atoms with E-state index >= 15 is 0 Å². The maximum atomic E-state index is 13.6. The number of aromatic nitrogens is 1. The summed E-state index contributed by atoms with van der Waals surface area (Å²) in [5.74, 6) is -1.11. The van der Waals surface area contributed by atoms with Gasteiger partial charge in [0.2, 0.25) is 0 Å². The summed E-state index contributed by atoms with van der Waals surface area (Å²) in [5.41, 5.74) is 5.57. The van der Waals surface area contributed by atoms with E-state index in [0.717, 1.165) is 0 Å². The fraction of sp³-hybridized carbons (Fsp3) is 0.0455. The van der Waals surface area contributed by atoms with Gasteiger partial charge in [0.1, 0.15) is 12.4 Å². The molecule has 0 spiro atoms. The van der Waals surface area contributed by atoms with Gasteiger partial charge >= 0.3 is 6.03 Å². The number of para-hydroxylation sites is 3. The molecule has 0 radical (unpaired) electrons. The molecule has 3 N–H and O–H groups in total. The third-order valence-corrected chi connectivity index (χ3v) is 4.62. The molecule has 4 rings (SSSR count). The van der Waals surface area contributed by atoms with Crippen LogP contribution in [-0.2, 0) is 11.3 Å². The van der Waals surface area contributed by atoms with Crippen LogP contribution in [0.5, 0.6) is 0 Å². The highest BCUT2D eigenvalue weighted by atomic mass is 19.1. The predicted octanol–water partition coefficient (Wildman–Crippen LogP) is 3.15. The molecule has 4 aromatic rings. The number of amides is 3. The lowest BCUT2D eigenvalue weighted by Crippen LogP contribution is -2.45. The molecule has 1 heterocycles. The average molecular weight is 404 g/mol. The Morgan fingerprint density at radius 3 is 2.00 bits per heavy atom. The van der Waals surface area contributed by atoms with Crippen molar-refractivity contribution >= 4 is 39.4 Å². The van der Waals surface area contributed by atoms with Gasteiger partial charge in [0.25, 0.3) is 5.91 Å². The van der Waals surface area contributed by atoms with Crippen LogP contribution >= 0.6 is 0 Å². The van der Waals surface area contributed by atoms with Gasteiger partial charge < -0.3 is 9.88 Å². The maximum absolute atomic E-state index is 13.6. The Labute approximate surface area is 170 Å². The molecular formula is C22H17FN4O3. The third-order valence-electron chi connectivity index (χ3n) is 4.62. The number of fused-ring (bicyclic) bond motifs is 2. The highest BCUT2D eigenvalue weighted by Crippen LogP contribution is 2.19. The van der Waals surface area contributed by atoms with Crippen molar-refractivity contribution in [1.29, 1.82) is 0 Å². The molecule has 0 aliphatic heterocycles. The number of carbonyl (C=O) groups excluding carboxylic acids is 2. The summed E-state index contributed by atoms with van der Waals surface area (Å²) in [6, 6.07) is 18.9. The Balaban J connectivity index is 1.54. The summed E-state index contributed by atoms with van der Waals surface area (Å²) in [6.07, 6.45) is 0. The molecule has 0 saturated carbocycles. The van der Waals surface area contributed by atoms with Crippen LogP contribution in [0.25, 0.3) is 21.8 Å². The van der Waals surface area contributed by atoms with Crippen LogP contribution in [0.1, 0.15) is 0 Å². The van der Waals surface area contributed by atoms with Gasteiger partial charge in [-0.3, -0.25) is 15.0 Å². The van der Waals surface area contributed by atoms with Crippen molar-refractivity contribution in [2.45, 2.75) is 6.54 Å². The molecule has 1 aromatic heterocycles. The van der Waals surface area contributed by atoms with E-state index in [2.05, 4.69) is 16.2 Å². The van der Waals surface area contributed by atoms with E-state index < -0.39 is 17.8 Å². The lowest BCUT2D eigenvalue weighted by molar-refractivity contribution is -0.122. The molecule has 0 aliphatic carbocycles. The summed E-state index contributed by atoms with van der Waals surface area (Å²) in [4.78, 5) is 37.2. The number of nitrogens with one attached hydrogen (secondary N) is 3. The van der Waals surface area contributed by atoms with Crippen LogP contribution in [-0.4, -0.2) is 16.5 Å². The highest BCUT2D eigenvalue weighted by Gasteiger charge is 2.13. The molecule has 3 amide bonds. The van der Waals surface area contributed by atoms with Crippen molar-refractivity contribution in [2.75, 3.05) is 5.32 Å². The van der Waals surface area contributed by atoms with E-state index in [1.165, 1.54) is 18.2 Å². The first-order chi connectivity index (χ1) is 14.5. The Bertz CT molecular complexity index is 1270. The van der Waals surface area contributed by atoms with E-state index in [0.29, 0.717) is 21.8 Å². The van der Waals surface area contributed by atoms with Crippen LogP contribution in [0, 0.1) is 5.82 Å². The summed E-state index contributed by atoms with van der Waals surface area (Å²) in [5, 5.41) is 3.30. The Morgan fingerprint density at radius 2 is 1.37 bits per heavy atom. The van der Waals surface area contributed by atoms with Crippen LogP contribution in [0.3, 0.4) is 0 Å². The fourth-order valence-corrected chi connectivity index (χ4v) is 3.27. The molecule has 30 heavy (non-hydrogen) atoms. The van der Waals surface area contributed by atoms with Crippen LogP contribution in [0.15, 0.2) is 77.6 Å². The fourth-order valence-electron chi connectivity index (χ4n) is 3.27. The summed E-state index contributed by atoms with van der Waals surface area (Å²) < 4.78 is 15.3. The molecular weight excluding hydrogens is 387 g/mol. The summed E-state index contributed by atoms with van der Waals surface area (Å²) in [6.45, 7) is -0.138. The van der Waals surface area contributed by atoms with Gasteiger partial charge in [-0.2, -0.15) is 0 Å². The number of rotatable bonds is 3. The normalized spacial score (nSPS) is 10.7. The lowest BCUT2D eigenvalue weighted by Gasteiger charge is -2.15. The molecule has 8 heteroatoms. The molecule has 150 valence electrons. The number of nitrogens with zero attached hydrogens (tertiary/aromatic N) is 1. The first kappa shape index (κ1) is 19.1. The number of carbonyl (C=O) groups is 2.